The minimum Gasteiger partial charge on any atom is -0.494 e. The number of halogens is 1. The molecule has 0 aliphatic carbocycles. The number of hydrogen-bond acceptors (Lipinski definition) is 2. The lowest BCUT2D eigenvalue weighted by Crippen LogP contribution is -2.04. The summed E-state index contributed by atoms with van der Waals surface area (Å²) in [5, 5.41) is -0.0840. The summed E-state index contributed by atoms with van der Waals surface area (Å²) in [6, 6.07) is 6.12. The first-order chi connectivity index (χ1) is 9.67. The van der Waals surface area contributed by atoms with Crippen molar-refractivity contribution in [3.63, 3.8) is 0 Å². The molecular weight excluding hydrogens is 272 g/mol. The Balaban J connectivity index is 2.39. The zero-order valence-electron chi connectivity index (χ0n) is 12.5. The number of unbranched alkanes of at least 4 members (excludes halogenated alkanes) is 1. The van der Waals surface area contributed by atoms with Crippen LogP contribution in [-0.4, -0.2) is 16.2 Å². The predicted octanol–water partition coefficient (Wildman–Crippen LogP) is 4.93. The maximum Gasteiger partial charge on any atom is 0.127 e. The molecule has 0 saturated heterocycles. The third-order valence-electron chi connectivity index (χ3n) is 3.31. The number of nitrogens with zero attached hydrogens (tertiary/aromatic N) is 2. The number of benzene rings is 1. The van der Waals surface area contributed by atoms with Crippen molar-refractivity contribution in [1.29, 1.82) is 0 Å². The third kappa shape index (κ3) is 3.26. The summed E-state index contributed by atoms with van der Waals surface area (Å²) in [6.07, 6.45) is 3.30. The smallest absolute Gasteiger partial charge is 0.127 e. The zero-order valence-corrected chi connectivity index (χ0v) is 13.3. The number of alkyl halides is 1. The van der Waals surface area contributed by atoms with Gasteiger partial charge >= 0.3 is 0 Å². The second-order valence-corrected chi connectivity index (χ2v) is 5.74. The number of aryl methyl sites for hydroxylation is 1. The van der Waals surface area contributed by atoms with E-state index in [1.165, 1.54) is 0 Å². The quantitative estimate of drug-likeness (QED) is 0.677. The molecule has 3 nitrogen and oxygen atoms in total. The molecule has 20 heavy (non-hydrogen) atoms. The van der Waals surface area contributed by atoms with Crippen molar-refractivity contribution in [2.45, 2.75) is 52.0 Å². The van der Waals surface area contributed by atoms with Gasteiger partial charge in [0.2, 0.25) is 0 Å². The summed E-state index contributed by atoms with van der Waals surface area (Å²) in [5.41, 5.74) is 2.11. The van der Waals surface area contributed by atoms with Gasteiger partial charge in [-0.25, -0.2) is 4.98 Å². The summed E-state index contributed by atoms with van der Waals surface area (Å²) in [7, 11) is 0. The van der Waals surface area contributed by atoms with Crippen LogP contribution in [0.25, 0.3) is 11.0 Å². The molecule has 1 aromatic heterocycles. The Hall–Kier alpha value is -1.22. The van der Waals surface area contributed by atoms with Gasteiger partial charge in [0, 0.05) is 12.6 Å². The van der Waals surface area contributed by atoms with Crippen molar-refractivity contribution >= 4 is 22.6 Å². The van der Waals surface area contributed by atoms with E-state index < -0.39 is 0 Å². The maximum absolute atomic E-state index is 6.27. The van der Waals surface area contributed by atoms with Crippen LogP contribution in [0.2, 0.25) is 0 Å². The van der Waals surface area contributed by atoms with Gasteiger partial charge in [-0.05, 0) is 31.9 Å². The minimum atomic E-state index is -0.0840. The normalized spacial score (nSPS) is 12.8. The number of aromatic nitrogens is 2. The molecule has 1 aromatic carbocycles. The first-order valence-electron chi connectivity index (χ1n) is 7.44. The van der Waals surface area contributed by atoms with E-state index in [-0.39, 0.29) is 5.38 Å². The van der Waals surface area contributed by atoms with Crippen LogP contribution >= 0.6 is 11.6 Å². The maximum atomic E-state index is 6.27. The molecule has 0 spiro atoms. The number of hydrogen-bond donors (Lipinski definition) is 0. The van der Waals surface area contributed by atoms with Crippen molar-refractivity contribution in [1.82, 2.24) is 9.55 Å². The van der Waals surface area contributed by atoms with Crippen LogP contribution < -0.4 is 4.74 Å². The van der Waals surface area contributed by atoms with Gasteiger partial charge in [0.25, 0.3) is 0 Å². The number of imidazole rings is 1. The molecule has 0 bridgehead atoms. The second kappa shape index (κ2) is 6.98. The highest BCUT2D eigenvalue weighted by Gasteiger charge is 2.15. The van der Waals surface area contributed by atoms with Crippen molar-refractivity contribution in [2.24, 2.45) is 0 Å². The molecule has 0 aliphatic heterocycles. The summed E-state index contributed by atoms with van der Waals surface area (Å²) in [6.45, 7) is 7.97. The molecule has 2 rings (SSSR count). The van der Waals surface area contributed by atoms with Gasteiger partial charge in [-0.15, -0.1) is 11.6 Å². The van der Waals surface area contributed by atoms with E-state index in [2.05, 4.69) is 29.5 Å². The minimum absolute atomic E-state index is 0.0840. The van der Waals surface area contributed by atoms with Crippen LogP contribution in [0.4, 0.5) is 0 Å². The van der Waals surface area contributed by atoms with E-state index in [4.69, 9.17) is 16.3 Å². The lowest BCUT2D eigenvalue weighted by atomic mass is 10.2. The Morgan fingerprint density at radius 2 is 2.10 bits per heavy atom. The van der Waals surface area contributed by atoms with Gasteiger partial charge < -0.3 is 9.30 Å². The van der Waals surface area contributed by atoms with Gasteiger partial charge in [-0.2, -0.15) is 0 Å². The largest absolute Gasteiger partial charge is 0.494 e. The summed E-state index contributed by atoms with van der Waals surface area (Å²) in [4.78, 5) is 4.68. The molecule has 0 amide bonds. The fourth-order valence-corrected chi connectivity index (χ4v) is 2.46. The molecule has 4 heteroatoms. The van der Waals surface area contributed by atoms with Crippen LogP contribution in [0.1, 0.15) is 51.2 Å². The van der Waals surface area contributed by atoms with Crippen LogP contribution in [-0.2, 0) is 6.54 Å². The first-order valence-corrected chi connectivity index (χ1v) is 7.88. The monoisotopic (exact) mass is 294 g/mol. The molecule has 0 fully saturated rings. The Morgan fingerprint density at radius 3 is 2.75 bits per heavy atom. The van der Waals surface area contributed by atoms with E-state index in [0.717, 1.165) is 55.0 Å². The fourth-order valence-electron chi connectivity index (χ4n) is 2.29. The Morgan fingerprint density at radius 1 is 1.30 bits per heavy atom. The number of rotatable bonds is 7. The molecule has 0 aliphatic rings. The zero-order chi connectivity index (χ0) is 14.5. The van der Waals surface area contributed by atoms with Gasteiger partial charge in [-0.1, -0.05) is 20.3 Å². The van der Waals surface area contributed by atoms with E-state index >= 15 is 0 Å². The molecule has 1 heterocycles. The molecular formula is C16H23ClN2O. The van der Waals surface area contributed by atoms with Crippen LogP contribution in [0, 0.1) is 0 Å². The highest BCUT2D eigenvalue weighted by atomic mass is 35.5. The van der Waals surface area contributed by atoms with Crippen LogP contribution in [0.15, 0.2) is 18.2 Å². The molecule has 1 unspecified atom stereocenters. The molecule has 0 saturated carbocycles. The van der Waals surface area contributed by atoms with E-state index in [0.29, 0.717) is 0 Å². The molecule has 1 atom stereocenters. The van der Waals surface area contributed by atoms with E-state index in [1.807, 2.05) is 19.1 Å². The van der Waals surface area contributed by atoms with E-state index in [1.54, 1.807) is 0 Å². The molecule has 110 valence electrons. The fraction of sp³-hybridized carbons (Fsp3) is 0.562. The summed E-state index contributed by atoms with van der Waals surface area (Å²) < 4.78 is 7.91. The second-order valence-electron chi connectivity index (χ2n) is 5.09. The Kier molecular flexibility index (Phi) is 5.30. The lowest BCUT2D eigenvalue weighted by Gasteiger charge is -2.10. The first kappa shape index (κ1) is 15.2. The SMILES string of the molecule is CCCCn1c(C(C)Cl)nc2cc(OCCC)ccc21. The number of fused-ring (bicyclic) bond motifs is 1. The van der Waals surface area contributed by atoms with Crippen LogP contribution in [0.3, 0.4) is 0 Å². The van der Waals surface area contributed by atoms with Crippen molar-refractivity contribution in [3.05, 3.63) is 24.0 Å². The van der Waals surface area contributed by atoms with Crippen molar-refractivity contribution in [3.8, 4) is 5.75 Å². The molecule has 0 radical (unpaired) electrons. The highest BCUT2D eigenvalue weighted by Crippen LogP contribution is 2.27. The van der Waals surface area contributed by atoms with E-state index in [9.17, 15) is 0 Å². The standard InChI is InChI=1S/C16H23ClN2O/c1-4-6-9-19-15-8-7-13(20-10-5-2)11-14(15)18-16(19)12(3)17/h7-8,11-12H,4-6,9-10H2,1-3H3. The van der Waals surface area contributed by atoms with Gasteiger partial charge in [0.05, 0.1) is 23.0 Å². The highest BCUT2D eigenvalue weighted by molar-refractivity contribution is 6.20. The summed E-state index contributed by atoms with van der Waals surface area (Å²) >= 11 is 6.27. The van der Waals surface area contributed by atoms with Gasteiger partial charge in [0.1, 0.15) is 11.6 Å². The third-order valence-corrected chi connectivity index (χ3v) is 3.51. The topological polar surface area (TPSA) is 27.1 Å². The van der Waals surface area contributed by atoms with Crippen molar-refractivity contribution in [2.75, 3.05) is 6.61 Å². The average Bonchev–Trinajstić information content (AvgIpc) is 2.81. The van der Waals surface area contributed by atoms with Crippen molar-refractivity contribution < 1.29 is 4.74 Å². The lowest BCUT2D eigenvalue weighted by molar-refractivity contribution is 0.318. The molecule has 0 N–H and O–H groups in total. The van der Waals surface area contributed by atoms with Gasteiger partial charge in [0.15, 0.2) is 0 Å². The van der Waals surface area contributed by atoms with Crippen LogP contribution in [0.5, 0.6) is 5.75 Å². The number of ether oxygens (including phenoxy) is 1. The Bertz CT molecular complexity index is 563. The Labute approximate surface area is 125 Å². The van der Waals surface area contributed by atoms with Gasteiger partial charge in [-0.3, -0.25) is 0 Å². The average molecular weight is 295 g/mol. The summed E-state index contributed by atoms with van der Waals surface area (Å²) in [5.74, 6) is 1.83. The predicted molar refractivity (Wildman–Crippen MR) is 84.7 cm³/mol. The molecule has 2 aromatic rings.